The van der Waals surface area contributed by atoms with Crippen molar-refractivity contribution >= 4 is 23.1 Å². The summed E-state index contributed by atoms with van der Waals surface area (Å²) >= 11 is 6.00. The molecule has 110 valence electrons. The van der Waals surface area contributed by atoms with Crippen LogP contribution in [-0.2, 0) is 6.54 Å². The van der Waals surface area contributed by atoms with E-state index in [2.05, 4.69) is 32.7 Å². The number of rotatable bonds is 4. The summed E-state index contributed by atoms with van der Waals surface area (Å²) in [6, 6.07) is 12.0. The second-order valence-corrected chi connectivity index (χ2v) is 5.56. The SMILES string of the molecule is Clc1cccc(CNc2ccnc(N3CCNCC3)c2)c1. The summed E-state index contributed by atoms with van der Waals surface area (Å²) in [4.78, 5) is 6.78. The third kappa shape index (κ3) is 3.86. The summed E-state index contributed by atoms with van der Waals surface area (Å²) in [5.41, 5.74) is 2.25. The van der Waals surface area contributed by atoms with Gasteiger partial charge in [-0.3, -0.25) is 0 Å². The van der Waals surface area contributed by atoms with Crippen LogP contribution in [-0.4, -0.2) is 31.2 Å². The molecule has 1 aliphatic rings. The molecular weight excluding hydrogens is 284 g/mol. The number of nitrogens with zero attached hydrogens (tertiary/aromatic N) is 2. The molecule has 4 nitrogen and oxygen atoms in total. The van der Waals surface area contributed by atoms with Gasteiger partial charge in [0.2, 0.25) is 0 Å². The van der Waals surface area contributed by atoms with E-state index >= 15 is 0 Å². The quantitative estimate of drug-likeness (QED) is 0.911. The number of hydrogen-bond acceptors (Lipinski definition) is 4. The van der Waals surface area contributed by atoms with Crippen LogP contribution in [0, 0.1) is 0 Å². The molecule has 0 saturated carbocycles. The topological polar surface area (TPSA) is 40.2 Å². The van der Waals surface area contributed by atoms with E-state index in [0.29, 0.717) is 0 Å². The van der Waals surface area contributed by atoms with Crippen LogP contribution in [0.5, 0.6) is 0 Å². The maximum atomic E-state index is 6.00. The summed E-state index contributed by atoms with van der Waals surface area (Å²) in [5.74, 6) is 1.03. The van der Waals surface area contributed by atoms with Crippen LogP contribution in [0.15, 0.2) is 42.6 Å². The Morgan fingerprint density at radius 2 is 2.05 bits per heavy atom. The third-order valence-electron chi connectivity index (χ3n) is 3.57. The second kappa shape index (κ2) is 6.78. The highest BCUT2D eigenvalue weighted by Crippen LogP contribution is 2.18. The van der Waals surface area contributed by atoms with Gasteiger partial charge in [-0.2, -0.15) is 0 Å². The fourth-order valence-electron chi connectivity index (χ4n) is 2.45. The predicted molar refractivity (Wildman–Crippen MR) is 88.1 cm³/mol. The zero-order valence-corrected chi connectivity index (χ0v) is 12.6. The minimum absolute atomic E-state index is 0.756. The van der Waals surface area contributed by atoms with Crippen molar-refractivity contribution in [2.75, 3.05) is 36.4 Å². The predicted octanol–water partition coefficient (Wildman–Crippen LogP) is 2.76. The van der Waals surface area contributed by atoms with E-state index < -0.39 is 0 Å². The van der Waals surface area contributed by atoms with Gasteiger partial charge in [-0.1, -0.05) is 23.7 Å². The highest BCUT2D eigenvalue weighted by atomic mass is 35.5. The first-order valence-corrected chi connectivity index (χ1v) is 7.59. The van der Waals surface area contributed by atoms with Gasteiger partial charge in [0, 0.05) is 55.7 Å². The molecule has 2 heterocycles. The minimum atomic E-state index is 0.756. The number of benzene rings is 1. The summed E-state index contributed by atoms with van der Waals surface area (Å²) in [6.45, 7) is 4.80. The molecule has 1 aliphatic heterocycles. The summed E-state index contributed by atoms with van der Waals surface area (Å²) in [7, 11) is 0. The van der Waals surface area contributed by atoms with E-state index in [0.717, 1.165) is 49.3 Å². The lowest BCUT2D eigenvalue weighted by Crippen LogP contribution is -2.43. The zero-order valence-electron chi connectivity index (χ0n) is 11.8. The lowest BCUT2D eigenvalue weighted by molar-refractivity contribution is 0.585. The molecule has 0 spiro atoms. The first kappa shape index (κ1) is 14.2. The van der Waals surface area contributed by atoms with Gasteiger partial charge in [0.1, 0.15) is 5.82 Å². The van der Waals surface area contributed by atoms with E-state index in [-0.39, 0.29) is 0 Å². The number of pyridine rings is 1. The molecule has 1 saturated heterocycles. The van der Waals surface area contributed by atoms with Crippen molar-refractivity contribution in [1.29, 1.82) is 0 Å². The average molecular weight is 303 g/mol. The highest BCUT2D eigenvalue weighted by Gasteiger charge is 2.11. The summed E-state index contributed by atoms with van der Waals surface area (Å²) < 4.78 is 0. The third-order valence-corrected chi connectivity index (χ3v) is 3.81. The number of piperazine rings is 1. The smallest absolute Gasteiger partial charge is 0.130 e. The van der Waals surface area contributed by atoms with E-state index in [1.54, 1.807) is 0 Å². The molecule has 0 aliphatic carbocycles. The molecule has 1 aromatic carbocycles. The average Bonchev–Trinajstić information content (AvgIpc) is 2.54. The summed E-state index contributed by atoms with van der Waals surface area (Å²) in [5, 5.41) is 7.55. The van der Waals surface area contributed by atoms with Crippen LogP contribution in [0.3, 0.4) is 0 Å². The number of aromatic nitrogens is 1. The van der Waals surface area contributed by atoms with Gasteiger partial charge in [0.05, 0.1) is 0 Å². The molecule has 0 radical (unpaired) electrons. The van der Waals surface area contributed by atoms with Crippen molar-refractivity contribution in [2.45, 2.75) is 6.54 Å². The second-order valence-electron chi connectivity index (χ2n) is 5.12. The molecule has 21 heavy (non-hydrogen) atoms. The lowest BCUT2D eigenvalue weighted by atomic mass is 10.2. The van der Waals surface area contributed by atoms with E-state index in [4.69, 9.17) is 11.6 Å². The van der Waals surface area contributed by atoms with Crippen LogP contribution < -0.4 is 15.5 Å². The molecule has 5 heteroatoms. The van der Waals surface area contributed by atoms with E-state index in [1.807, 2.05) is 30.5 Å². The van der Waals surface area contributed by atoms with Gasteiger partial charge >= 0.3 is 0 Å². The van der Waals surface area contributed by atoms with Gasteiger partial charge in [-0.25, -0.2) is 4.98 Å². The van der Waals surface area contributed by atoms with Crippen molar-refractivity contribution in [3.8, 4) is 0 Å². The van der Waals surface area contributed by atoms with Crippen molar-refractivity contribution in [3.05, 3.63) is 53.2 Å². The summed E-state index contributed by atoms with van der Waals surface area (Å²) in [6.07, 6.45) is 1.86. The Labute approximate surface area is 130 Å². The van der Waals surface area contributed by atoms with Crippen molar-refractivity contribution in [2.24, 2.45) is 0 Å². The first-order chi connectivity index (χ1) is 10.3. The Kier molecular flexibility index (Phi) is 4.58. The van der Waals surface area contributed by atoms with Crippen LogP contribution in [0.2, 0.25) is 5.02 Å². The maximum Gasteiger partial charge on any atom is 0.130 e. The molecule has 2 N–H and O–H groups in total. The standard InChI is InChI=1S/C16H19ClN4/c17-14-3-1-2-13(10-14)12-20-15-4-5-19-16(11-15)21-8-6-18-7-9-21/h1-5,10-11,18H,6-9,12H2,(H,19,20). The van der Waals surface area contributed by atoms with E-state index in [9.17, 15) is 0 Å². The van der Waals surface area contributed by atoms with Crippen molar-refractivity contribution in [1.82, 2.24) is 10.3 Å². The molecule has 1 aromatic heterocycles. The minimum Gasteiger partial charge on any atom is -0.381 e. The van der Waals surface area contributed by atoms with Crippen LogP contribution in [0.25, 0.3) is 0 Å². The normalized spacial score (nSPS) is 15.0. The monoisotopic (exact) mass is 302 g/mol. The molecule has 1 fully saturated rings. The van der Waals surface area contributed by atoms with Gasteiger partial charge in [0.25, 0.3) is 0 Å². The molecule has 0 unspecified atom stereocenters. The molecule has 2 aromatic rings. The van der Waals surface area contributed by atoms with Gasteiger partial charge in [-0.15, -0.1) is 0 Å². The maximum absolute atomic E-state index is 6.00. The zero-order chi connectivity index (χ0) is 14.5. The first-order valence-electron chi connectivity index (χ1n) is 7.21. The highest BCUT2D eigenvalue weighted by molar-refractivity contribution is 6.30. The number of anilines is 2. The van der Waals surface area contributed by atoms with Crippen LogP contribution in [0.4, 0.5) is 11.5 Å². The van der Waals surface area contributed by atoms with Crippen molar-refractivity contribution in [3.63, 3.8) is 0 Å². The number of hydrogen-bond donors (Lipinski definition) is 2. The fraction of sp³-hybridized carbons (Fsp3) is 0.312. The molecule has 0 bridgehead atoms. The fourth-order valence-corrected chi connectivity index (χ4v) is 2.66. The lowest BCUT2D eigenvalue weighted by Gasteiger charge is -2.28. The largest absolute Gasteiger partial charge is 0.381 e. The molecule has 0 atom stereocenters. The Hall–Kier alpha value is -1.78. The van der Waals surface area contributed by atoms with Gasteiger partial charge in [0.15, 0.2) is 0 Å². The Morgan fingerprint density at radius 1 is 1.19 bits per heavy atom. The Bertz CT molecular complexity index is 596. The van der Waals surface area contributed by atoms with Gasteiger partial charge in [-0.05, 0) is 23.8 Å². The van der Waals surface area contributed by atoms with Gasteiger partial charge < -0.3 is 15.5 Å². The Morgan fingerprint density at radius 3 is 2.86 bits per heavy atom. The Balaban J connectivity index is 1.65. The molecule has 0 amide bonds. The number of nitrogens with one attached hydrogen (secondary N) is 2. The van der Waals surface area contributed by atoms with Crippen LogP contribution in [0.1, 0.15) is 5.56 Å². The number of halogens is 1. The molecule has 3 rings (SSSR count). The van der Waals surface area contributed by atoms with E-state index in [1.165, 1.54) is 5.56 Å². The van der Waals surface area contributed by atoms with Crippen LogP contribution >= 0.6 is 11.6 Å². The molecular formula is C16H19ClN4. The van der Waals surface area contributed by atoms with Crippen molar-refractivity contribution < 1.29 is 0 Å².